The summed E-state index contributed by atoms with van der Waals surface area (Å²) in [6.07, 6.45) is 5.06. The van der Waals surface area contributed by atoms with Crippen molar-refractivity contribution < 1.29 is 14.6 Å². The Balaban J connectivity index is 2.08. The highest BCUT2D eigenvalue weighted by molar-refractivity contribution is 7.99. The first-order chi connectivity index (χ1) is 8.58. The Morgan fingerprint density at radius 3 is 2.67 bits per heavy atom. The van der Waals surface area contributed by atoms with Gasteiger partial charge in [-0.2, -0.15) is 11.8 Å². The highest BCUT2D eigenvalue weighted by Gasteiger charge is 2.30. The topological polar surface area (TPSA) is 58.6 Å². The molecular weight excluding hydrogens is 250 g/mol. The number of carboxylic acid groups (broad SMARTS) is 1. The normalized spacial score (nSPS) is 20.6. The molecule has 4 nitrogen and oxygen atoms in total. The molecule has 0 bridgehead atoms. The van der Waals surface area contributed by atoms with Crippen LogP contribution in [0.25, 0.3) is 0 Å². The monoisotopic (exact) mass is 275 g/mol. The molecule has 106 valence electrons. The Labute approximate surface area is 114 Å². The van der Waals surface area contributed by atoms with Crippen LogP contribution in [0.5, 0.6) is 0 Å². The molecule has 1 aliphatic heterocycles. The van der Waals surface area contributed by atoms with Gasteiger partial charge >= 0.3 is 5.97 Å². The summed E-state index contributed by atoms with van der Waals surface area (Å²) in [5.41, 5.74) is -0.774. The molecule has 0 saturated carbocycles. The Morgan fingerprint density at radius 2 is 2.11 bits per heavy atom. The van der Waals surface area contributed by atoms with Crippen LogP contribution in [0.3, 0.4) is 0 Å². The van der Waals surface area contributed by atoms with Crippen LogP contribution in [-0.4, -0.2) is 47.9 Å². The smallest absolute Gasteiger partial charge is 0.323 e. The quantitative estimate of drug-likeness (QED) is 0.665. The van der Waals surface area contributed by atoms with Crippen molar-refractivity contribution >= 4 is 17.7 Å². The van der Waals surface area contributed by atoms with Crippen LogP contribution in [0.15, 0.2) is 0 Å². The van der Waals surface area contributed by atoms with Gasteiger partial charge in [0.15, 0.2) is 0 Å². The third-order valence-electron chi connectivity index (χ3n) is 3.62. The number of aliphatic carboxylic acids is 1. The lowest BCUT2D eigenvalue weighted by atomic mass is 9.95. The van der Waals surface area contributed by atoms with Crippen LogP contribution in [0.1, 0.15) is 39.0 Å². The fraction of sp³-hybridized carbons (Fsp3) is 0.923. The van der Waals surface area contributed by atoms with E-state index < -0.39 is 11.5 Å². The molecule has 2 N–H and O–H groups in total. The molecule has 0 aliphatic carbocycles. The number of ether oxygens (including phenoxy) is 1. The van der Waals surface area contributed by atoms with Crippen LogP contribution in [0.4, 0.5) is 0 Å². The molecule has 1 saturated heterocycles. The van der Waals surface area contributed by atoms with Crippen molar-refractivity contribution in [3.05, 3.63) is 0 Å². The second kappa shape index (κ2) is 8.02. The van der Waals surface area contributed by atoms with Gasteiger partial charge in [-0.3, -0.25) is 4.79 Å². The first-order valence-electron chi connectivity index (χ1n) is 6.70. The van der Waals surface area contributed by atoms with Crippen LogP contribution < -0.4 is 5.32 Å². The summed E-state index contributed by atoms with van der Waals surface area (Å²) in [7, 11) is 1.71. The lowest BCUT2D eigenvalue weighted by Gasteiger charge is -2.24. The first-order valence-corrected chi connectivity index (χ1v) is 7.75. The second-order valence-corrected chi connectivity index (χ2v) is 6.44. The maximum absolute atomic E-state index is 11.1. The van der Waals surface area contributed by atoms with Gasteiger partial charge < -0.3 is 15.2 Å². The van der Waals surface area contributed by atoms with Crippen LogP contribution in [-0.2, 0) is 9.53 Å². The van der Waals surface area contributed by atoms with E-state index in [2.05, 4.69) is 5.32 Å². The van der Waals surface area contributed by atoms with Gasteiger partial charge in [-0.25, -0.2) is 0 Å². The second-order valence-electron chi connectivity index (χ2n) is 5.03. The molecular formula is C13H25NO3S. The minimum absolute atomic E-state index is 0.688. The summed E-state index contributed by atoms with van der Waals surface area (Å²) in [5.74, 6) is 0.367. The molecule has 1 aliphatic rings. The number of carboxylic acids is 1. The van der Waals surface area contributed by atoms with Crippen LogP contribution in [0.2, 0.25) is 0 Å². The molecule has 18 heavy (non-hydrogen) atoms. The van der Waals surface area contributed by atoms with Gasteiger partial charge in [-0.1, -0.05) is 6.42 Å². The highest BCUT2D eigenvalue weighted by atomic mass is 32.2. The zero-order valence-corrected chi connectivity index (χ0v) is 12.2. The Bertz CT molecular complexity index is 257. The van der Waals surface area contributed by atoms with Crippen molar-refractivity contribution in [1.29, 1.82) is 0 Å². The van der Waals surface area contributed by atoms with Crippen molar-refractivity contribution in [3.63, 3.8) is 0 Å². The molecule has 1 heterocycles. The van der Waals surface area contributed by atoms with E-state index in [4.69, 9.17) is 9.84 Å². The average molecular weight is 275 g/mol. The number of carbonyl (C=O) groups is 1. The van der Waals surface area contributed by atoms with E-state index in [1.165, 1.54) is 0 Å². The van der Waals surface area contributed by atoms with Crippen molar-refractivity contribution in [2.75, 3.05) is 26.0 Å². The van der Waals surface area contributed by atoms with Gasteiger partial charge in [-0.15, -0.1) is 0 Å². The number of nitrogens with one attached hydrogen (secondary N) is 1. The van der Waals surface area contributed by atoms with Gasteiger partial charge in [-0.05, 0) is 45.4 Å². The maximum atomic E-state index is 11.1. The standard InChI is InChI=1S/C13H25NO3S/c1-13(14-2,12(15)16)7-3-4-10-18-11-5-8-17-9-6-11/h11,14H,3-10H2,1-2H3,(H,15,16). The van der Waals surface area contributed by atoms with Gasteiger partial charge in [0, 0.05) is 18.5 Å². The fourth-order valence-corrected chi connectivity index (χ4v) is 3.24. The predicted molar refractivity (Wildman–Crippen MR) is 75.3 cm³/mol. The largest absolute Gasteiger partial charge is 0.480 e. The molecule has 0 aromatic heterocycles. The van der Waals surface area contributed by atoms with Crippen LogP contribution >= 0.6 is 11.8 Å². The van der Waals surface area contributed by atoms with Gasteiger partial charge in [0.1, 0.15) is 5.54 Å². The number of hydrogen-bond acceptors (Lipinski definition) is 4. The Hall–Kier alpha value is -0.260. The van der Waals surface area contributed by atoms with E-state index in [0.29, 0.717) is 6.42 Å². The van der Waals surface area contributed by atoms with E-state index in [1.54, 1.807) is 14.0 Å². The maximum Gasteiger partial charge on any atom is 0.323 e. The van der Waals surface area contributed by atoms with Gasteiger partial charge in [0.2, 0.25) is 0 Å². The predicted octanol–water partition coefficient (Wildman–Crippen LogP) is 2.13. The molecule has 0 amide bonds. The molecule has 0 radical (unpaired) electrons. The summed E-state index contributed by atoms with van der Waals surface area (Å²) in [4.78, 5) is 11.1. The Kier molecular flexibility index (Phi) is 7.04. The molecule has 1 unspecified atom stereocenters. The molecule has 0 spiro atoms. The van der Waals surface area contributed by atoms with E-state index in [0.717, 1.165) is 49.9 Å². The fourth-order valence-electron chi connectivity index (χ4n) is 2.01. The van der Waals surface area contributed by atoms with E-state index in [9.17, 15) is 4.79 Å². The minimum atomic E-state index is -0.774. The summed E-state index contributed by atoms with van der Waals surface area (Å²) < 4.78 is 5.33. The van der Waals surface area contributed by atoms with Crippen molar-refractivity contribution in [2.45, 2.75) is 49.8 Å². The summed E-state index contributed by atoms with van der Waals surface area (Å²) in [6.45, 7) is 3.55. The summed E-state index contributed by atoms with van der Waals surface area (Å²) in [5, 5.41) is 12.8. The van der Waals surface area contributed by atoms with Crippen molar-refractivity contribution in [2.24, 2.45) is 0 Å². The number of rotatable bonds is 8. The van der Waals surface area contributed by atoms with Crippen molar-refractivity contribution in [3.8, 4) is 0 Å². The number of likely N-dealkylation sites (N-methyl/N-ethyl adjacent to an activating group) is 1. The molecule has 1 atom stereocenters. The molecule has 0 aromatic rings. The van der Waals surface area contributed by atoms with Gasteiger partial charge in [0.25, 0.3) is 0 Å². The van der Waals surface area contributed by atoms with E-state index >= 15 is 0 Å². The lowest BCUT2D eigenvalue weighted by molar-refractivity contribution is -0.144. The molecule has 1 rings (SSSR count). The summed E-state index contributed by atoms with van der Waals surface area (Å²) in [6, 6.07) is 0. The van der Waals surface area contributed by atoms with Crippen molar-refractivity contribution in [1.82, 2.24) is 5.32 Å². The highest BCUT2D eigenvalue weighted by Crippen LogP contribution is 2.24. The number of hydrogen-bond donors (Lipinski definition) is 2. The zero-order valence-electron chi connectivity index (χ0n) is 11.4. The number of thioether (sulfide) groups is 1. The van der Waals surface area contributed by atoms with Gasteiger partial charge in [0.05, 0.1) is 0 Å². The van der Waals surface area contributed by atoms with E-state index in [-0.39, 0.29) is 0 Å². The molecule has 0 aromatic carbocycles. The lowest BCUT2D eigenvalue weighted by Crippen LogP contribution is -2.47. The molecule has 1 fully saturated rings. The number of unbranched alkanes of at least 4 members (excludes halogenated alkanes) is 1. The Morgan fingerprint density at radius 1 is 1.44 bits per heavy atom. The summed E-state index contributed by atoms with van der Waals surface area (Å²) >= 11 is 2.02. The molecule has 5 heteroatoms. The zero-order chi connectivity index (χ0) is 13.4. The third kappa shape index (κ3) is 5.16. The SMILES string of the molecule is CNC(C)(CCCCSC1CCOCC1)C(=O)O. The van der Waals surface area contributed by atoms with Crippen LogP contribution in [0, 0.1) is 0 Å². The third-order valence-corrected chi connectivity index (χ3v) is 5.08. The minimum Gasteiger partial charge on any atom is -0.480 e. The first kappa shape index (κ1) is 15.8. The van der Waals surface area contributed by atoms with E-state index in [1.807, 2.05) is 11.8 Å². The average Bonchev–Trinajstić information content (AvgIpc) is 2.39.